The molecule has 2 heterocycles. The van der Waals surface area contributed by atoms with Crippen molar-refractivity contribution in [2.75, 3.05) is 26.2 Å². The molecule has 0 aliphatic carbocycles. The molecule has 2 rings (SSSR count). The Kier molecular flexibility index (Phi) is 3.74. The molecule has 2 saturated heterocycles. The van der Waals surface area contributed by atoms with Gasteiger partial charge in [0.15, 0.2) is 0 Å². The van der Waals surface area contributed by atoms with Crippen LogP contribution in [-0.4, -0.2) is 43.3 Å². The van der Waals surface area contributed by atoms with Crippen molar-refractivity contribution in [2.45, 2.75) is 37.9 Å². The Morgan fingerprint density at radius 1 is 1.06 bits per heavy atom. The van der Waals surface area contributed by atoms with Gasteiger partial charge in [0.05, 0.1) is 5.92 Å². The summed E-state index contributed by atoms with van der Waals surface area (Å²) >= 11 is 0. The normalized spacial score (nSPS) is 30.6. The number of likely N-dealkylation sites (tertiary alicyclic amines) is 1. The third-order valence-corrected chi connectivity index (χ3v) is 3.78. The Balaban J connectivity index is 1.80. The van der Waals surface area contributed by atoms with E-state index in [9.17, 15) is 13.2 Å². The number of rotatable bonds is 1. The molecule has 5 heteroatoms. The van der Waals surface area contributed by atoms with E-state index in [0.717, 1.165) is 25.9 Å². The number of halogens is 3. The molecule has 2 aliphatic rings. The fourth-order valence-corrected chi connectivity index (χ4v) is 2.74. The quantitative estimate of drug-likeness (QED) is 0.749. The van der Waals surface area contributed by atoms with Crippen LogP contribution in [0.25, 0.3) is 0 Å². The van der Waals surface area contributed by atoms with Crippen molar-refractivity contribution in [1.29, 1.82) is 0 Å². The summed E-state index contributed by atoms with van der Waals surface area (Å²) in [4.78, 5) is 2.23. The molecule has 1 N–H and O–H groups in total. The summed E-state index contributed by atoms with van der Waals surface area (Å²) < 4.78 is 37.4. The Bertz CT molecular complexity index is 216. The molecule has 0 aromatic heterocycles. The van der Waals surface area contributed by atoms with Crippen LogP contribution in [0.2, 0.25) is 0 Å². The first kappa shape index (κ1) is 12.2. The smallest absolute Gasteiger partial charge is 0.315 e. The van der Waals surface area contributed by atoms with E-state index in [4.69, 9.17) is 0 Å². The first-order valence-electron chi connectivity index (χ1n) is 6.09. The molecule has 0 amide bonds. The van der Waals surface area contributed by atoms with Crippen LogP contribution >= 0.6 is 0 Å². The van der Waals surface area contributed by atoms with Crippen molar-refractivity contribution in [3.05, 3.63) is 0 Å². The summed E-state index contributed by atoms with van der Waals surface area (Å²) in [5, 5.41) is 3.31. The van der Waals surface area contributed by atoms with Gasteiger partial charge in [0.2, 0.25) is 0 Å². The molecule has 0 spiro atoms. The lowest BCUT2D eigenvalue weighted by Gasteiger charge is -2.39. The zero-order valence-electron chi connectivity index (χ0n) is 9.39. The lowest BCUT2D eigenvalue weighted by atomic mass is 9.94. The van der Waals surface area contributed by atoms with Gasteiger partial charge in [0.1, 0.15) is 0 Å². The summed E-state index contributed by atoms with van der Waals surface area (Å²) in [6.45, 7) is 3.21. The molecule has 0 aromatic rings. The summed E-state index contributed by atoms with van der Waals surface area (Å²) in [5.74, 6) is -1.07. The van der Waals surface area contributed by atoms with Gasteiger partial charge in [-0.2, -0.15) is 13.2 Å². The highest BCUT2D eigenvalue weighted by atomic mass is 19.4. The summed E-state index contributed by atoms with van der Waals surface area (Å²) in [7, 11) is 0. The van der Waals surface area contributed by atoms with Crippen LogP contribution in [0.1, 0.15) is 25.7 Å². The third kappa shape index (κ3) is 2.88. The molecule has 2 nitrogen and oxygen atoms in total. The third-order valence-electron chi connectivity index (χ3n) is 3.78. The first-order chi connectivity index (χ1) is 7.57. The van der Waals surface area contributed by atoms with E-state index < -0.39 is 12.1 Å². The maximum absolute atomic E-state index is 12.5. The minimum absolute atomic E-state index is 0.278. The first-order valence-corrected chi connectivity index (χ1v) is 6.09. The SMILES string of the molecule is FC(F)(F)C1CCN(C2CCCNC2)CC1. The van der Waals surface area contributed by atoms with Crippen LogP contribution in [0.3, 0.4) is 0 Å². The number of nitrogens with zero attached hydrogens (tertiary/aromatic N) is 1. The standard InChI is InChI=1S/C11H19F3N2/c12-11(13,14)9-3-6-16(7-4-9)10-2-1-5-15-8-10/h9-10,15H,1-8H2. The lowest BCUT2D eigenvalue weighted by Crippen LogP contribution is -2.50. The number of hydrogen-bond acceptors (Lipinski definition) is 2. The predicted molar refractivity (Wildman–Crippen MR) is 56.2 cm³/mol. The maximum Gasteiger partial charge on any atom is 0.391 e. The van der Waals surface area contributed by atoms with Crippen LogP contribution in [0.15, 0.2) is 0 Å². The highest BCUT2D eigenvalue weighted by Crippen LogP contribution is 2.34. The van der Waals surface area contributed by atoms with Gasteiger partial charge in [-0.1, -0.05) is 0 Å². The Morgan fingerprint density at radius 2 is 1.75 bits per heavy atom. The van der Waals surface area contributed by atoms with E-state index in [1.54, 1.807) is 0 Å². The molecule has 16 heavy (non-hydrogen) atoms. The second kappa shape index (κ2) is 4.92. The molecule has 1 atom stereocenters. The van der Waals surface area contributed by atoms with Gasteiger partial charge >= 0.3 is 6.18 Å². The van der Waals surface area contributed by atoms with Gasteiger partial charge in [-0.25, -0.2) is 0 Å². The van der Waals surface area contributed by atoms with Crippen LogP contribution in [0, 0.1) is 5.92 Å². The topological polar surface area (TPSA) is 15.3 Å². The van der Waals surface area contributed by atoms with Crippen LogP contribution in [0.4, 0.5) is 13.2 Å². The number of piperidine rings is 2. The Hall–Kier alpha value is -0.290. The highest BCUT2D eigenvalue weighted by Gasteiger charge is 2.41. The minimum Gasteiger partial charge on any atom is -0.315 e. The monoisotopic (exact) mass is 236 g/mol. The molecule has 0 bridgehead atoms. The highest BCUT2D eigenvalue weighted by molar-refractivity contribution is 4.84. The van der Waals surface area contributed by atoms with Crippen LogP contribution in [-0.2, 0) is 0 Å². The van der Waals surface area contributed by atoms with Crippen LogP contribution in [0.5, 0.6) is 0 Å². The van der Waals surface area contributed by atoms with E-state index in [0.29, 0.717) is 19.1 Å². The number of nitrogens with one attached hydrogen (secondary N) is 1. The van der Waals surface area contributed by atoms with Crippen molar-refractivity contribution < 1.29 is 13.2 Å². The van der Waals surface area contributed by atoms with Gasteiger partial charge in [-0.05, 0) is 45.3 Å². The van der Waals surface area contributed by atoms with Gasteiger partial charge < -0.3 is 5.32 Å². The number of alkyl halides is 3. The second-order valence-electron chi connectivity index (χ2n) is 4.85. The van der Waals surface area contributed by atoms with Gasteiger partial charge in [-0.15, -0.1) is 0 Å². The average Bonchev–Trinajstić information content (AvgIpc) is 2.29. The lowest BCUT2D eigenvalue weighted by molar-refractivity contribution is -0.186. The van der Waals surface area contributed by atoms with E-state index >= 15 is 0 Å². The molecule has 0 radical (unpaired) electrons. The summed E-state index contributed by atoms with van der Waals surface area (Å²) in [6, 6.07) is 0.461. The molecule has 2 fully saturated rings. The van der Waals surface area contributed by atoms with Crippen molar-refractivity contribution >= 4 is 0 Å². The van der Waals surface area contributed by atoms with Crippen molar-refractivity contribution in [1.82, 2.24) is 10.2 Å². The fraction of sp³-hybridized carbons (Fsp3) is 1.00. The van der Waals surface area contributed by atoms with E-state index in [1.807, 2.05) is 0 Å². The van der Waals surface area contributed by atoms with Crippen LogP contribution < -0.4 is 5.32 Å². The second-order valence-corrected chi connectivity index (χ2v) is 4.85. The predicted octanol–water partition coefficient (Wildman–Crippen LogP) is 2.01. The zero-order valence-corrected chi connectivity index (χ0v) is 9.39. The summed E-state index contributed by atoms with van der Waals surface area (Å²) in [6.07, 6.45) is -1.16. The van der Waals surface area contributed by atoms with E-state index in [2.05, 4.69) is 10.2 Å². The van der Waals surface area contributed by atoms with Crippen molar-refractivity contribution in [2.24, 2.45) is 5.92 Å². The molecular weight excluding hydrogens is 217 g/mol. The zero-order chi connectivity index (χ0) is 11.6. The molecule has 0 aromatic carbocycles. The van der Waals surface area contributed by atoms with Crippen molar-refractivity contribution in [3.8, 4) is 0 Å². The van der Waals surface area contributed by atoms with Crippen molar-refractivity contribution in [3.63, 3.8) is 0 Å². The van der Waals surface area contributed by atoms with Gasteiger partial charge in [-0.3, -0.25) is 4.90 Å². The molecule has 1 unspecified atom stereocenters. The fourth-order valence-electron chi connectivity index (χ4n) is 2.74. The van der Waals surface area contributed by atoms with E-state index in [1.165, 1.54) is 0 Å². The van der Waals surface area contributed by atoms with Gasteiger partial charge in [0, 0.05) is 12.6 Å². The average molecular weight is 236 g/mol. The minimum atomic E-state index is -3.99. The Morgan fingerprint density at radius 3 is 2.25 bits per heavy atom. The molecule has 2 aliphatic heterocycles. The largest absolute Gasteiger partial charge is 0.391 e. The molecule has 94 valence electrons. The number of hydrogen-bond donors (Lipinski definition) is 1. The molecule has 0 saturated carbocycles. The maximum atomic E-state index is 12.5. The van der Waals surface area contributed by atoms with E-state index in [-0.39, 0.29) is 12.8 Å². The Labute approximate surface area is 94.2 Å². The molecular formula is C11H19F3N2. The van der Waals surface area contributed by atoms with Gasteiger partial charge in [0.25, 0.3) is 0 Å². The summed E-state index contributed by atoms with van der Waals surface area (Å²) in [5.41, 5.74) is 0.